The van der Waals surface area contributed by atoms with Crippen LogP contribution in [-0.4, -0.2) is 22.6 Å². The highest BCUT2D eigenvalue weighted by atomic mass is 15.1. The van der Waals surface area contributed by atoms with Crippen LogP contribution in [0.5, 0.6) is 0 Å². The number of aryl methyl sites for hydroxylation is 1. The summed E-state index contributed by atoms with van der Waals surface area (Å²) in [5, 5.41) is 1.40. The normalized spacial score (nSPS) is 17.5. The summed E-state index contributed by atoms with van der Waals surface area (Å²) in [6.45, 7) is 10.4. The zero-order valence-corrected chi connectivity index (χ0v) is 13.7. The molecule has 2 heterocycles. The molecule has 0 atom stereocenters. The van der Waals surface area contributed by atoms with Crippen molar-refractivity contribution in [2.75, 3.05) is 13.1 Å². The minimum Gasteiger partial charge on any atom is -0.341 e. The van der Waals surface area contributed by atoms with Gasteiger partial charge in [-0.3, -0.25) is 4.90 Å². The first kappa shape index (κ1) is 14.6. The van der Waals surface area contributed by atoms with E-state index in [9.17, 15) is 0 Å². The van der Waals surface area contributed by atoms with Gasteiger partial charge in [0.25, 0.3) is 0 Å². The number of fused-ring (bicyclic) bond motifs is 1. The third-order valence-corrected chi connectivity index (χ3v) is 4.67. The molecular formula is C19H28N2. The van der Waals surface area contributed by atoms with Gasteiger partial charge in [-0.15, -0.1) is 0 Å². The predicted octanol–water partition coefficient (Wildman–Crippen LogP) is 4.91. The summed E-state index contributed by atoms with van der Waals surface area (Å²) in [5.41, 5.74) is 4.22. The molecule has 1 saturated heterocycles. The van der Waals surface area contributed by atoms with E-state index in [-0.39, 0.29) is 0 Å². The quantitative estimate of drug-likeness (QED) is 0.777. The molecule has 0 amide bonds. The van der Waals surface area contributed by atoms with Crippen molar-refractivity contribution < 1.29 is 0 Å². The van der Waals surface area contributed by atoms with Crippen LogP contribution in [0, 0.1) is 6.92 Å². The molecule has 0 radical (unpaired) electrons. The molecule has 21 heavy (non-hydrogen) atoms. The Kier molecular flexibility index (Phi) is 4.34. The number of likely N-dealkylation sites (tertiary alicyclic amines) is 1. The Morgan fingerprint density at radius 3 is 2.38 bits per heavy atom. The SMILES string of the molecule is Cc1ccc2c(c1)cc(CN1CCCCCC1)n2C(C)C. The molecule has 3 rings (SSSR count). The first-order valence-electron chi connectivity index (χ1n) is 8.48. The second-order valence-electron chi connectivity index (χ2n) is 6.85. The van der Waals surface area contributed by atoms with Crippen molar-refractivity contribution in [3.8, 4) is 0 Å². The third kappa shape index (κ3) is 3.16. The van der Waals surface area contributed by atoms with Gasteiger partial charge >= 0.3 is 0 Å². The van der Waals surface area contributed by atoms with Crippen molar-refractivity contribution >= 4 is 10.9 Å². The van der Waals surface area contributed by atoms with Gasteiger partial charge in [0, 0.05) is 29.2 Å². The molecule has 114 valence electrons. The third-order valence-electron chi connectivity index (χ3n) is 4.67. The van der Waals surface area contributed by atoms with Crippen LogP contribution in [-0.2, 0) is 6.54 Å². The highest BCUT2D eigenvalue weighted by molar-refractivity contribution is 5.82. The highest BCUT2D eigenvalue weighted by Crippen LogP contribution is 2.26. The second-order valence-corrected chi connectivity index (χ2v) is 6.85. The Morgan fingerprint density at radius 1 is 1.00 bits per heavy atom. The average Bonchev–Trinajstić information content (AvgIpc) is 2.60. The fraction of sp³-hybridized carbons (Fsp3) is 0.579. The van der Waals surface area contributed by atoms with E-state index in [0.717, 1.165) is 6.54 Å². The Balaban J connectivity index is 1.94. The van der Waals surface area contributed by atoms with Crippen LogP contribution in [0.1, 0.15) is 56.8 Å². The lowest BCUT2D eigenvalue weighted by Crippen LogP contribution is -2.25. The molecule has 2 heteroatoms. The highest BCUT2D eigenvalue weighted by Gasteiger charge is 2.15. The Hall–Kier alpha value is -1.28. The summed E-state index contributed by atoms with van der Waals surface area (Å²) in [6, 6.07) is 9.77. The lowest BCUT2D eigenvalue weighted by molar-refractivity contribution is 0.268. The molecular weight excluding hydrogens is 256 g/mol. The fourth-order valence-corrected chi connectivity index (χ4v) is 3.67. The van der Waals surface area contributed by atoms with E-state index >= 15 is 0 Å². The maximum atomic E-state index is 2.65. The van der Waals surface area contributed by atoms with Crippen molar-refractivity contribution in [3.63, 3.8) is 0 Å². The van der Waals surface area contributed by atoms with Crippen LogP contribution in [0.15, 0.2) is 24.3 Å². The molecule has 0 spiro atoms. The molecule has 1 aromatic carbocycles. The fourth-order valence-electron chi connectivity index (χ4n) is 3.67. The van der Waals surface area contributed by atoms with Crippen molar-refractivity contribution in [3.05, 3.63) is 35.5 Å². The zero-order valence-electron chi connectivity index (χ0n) is 13.7. The number of benzene rings is 1. The Bertz CT molecular complexity index is 601. The molecule has 2 nitrogen and oxygen atoms in total. The lowest BCUT2D eigenvalue weighted by Gasteiger charge is -2.22. The molecule has 0 saturated carbocycles. The maximum Gasteiger partial charge on any atom is 0.0485 e. The average molecular weight is 284 g/mol. The summed E-state index contributed by atoms with van der Waals surface area (Å²) in [7, 11) is 0. The molecule has 0 N–H and O–H groups in total. The van der Waals surface area contributed by atoms with Gasteiger partial charge in [-0.1, -0.05) is 24.5 Å². The summed E-state index contributed by atoms with van der Waals surface area (Å²) < 4.78 is 2.53. The van der Waals surface area contributed by atoms with Crippen molar-refractivity contribution in [1.29, 1.82) is 0 Å². The topological polar surface area (TPSA) is 8.17 Å². The van der Waals surface area contributed by atoms with Crippen LogP contribution >= 0.6 is 0 Å². The van der Waals surface area contributed by atoms with Crippen molar-refractivity contribution in [2.45, 2.75) is 59.0 Å². The summed E-state index contributed by atoms with van der Waals surface area (Å²) in [5.74, 6) is 0. The molecule has 0 aliphatic carbocycles. The zero-order chi connectivity index (χ0) is 14.8. The first-order valence-corrected chi connectivity index (χ1v) is 8.48. The Labute approximate surface area is 128 Å². The standard InChI is InChI=1S/C19H28N2/c1-15(2)21-18(14-20-10-6-4-5-7-11-20)13-17-12-16(3)8-9-19(17)21/h8-9,12-13,15H,4-7,10-11,14H2,1-3H3. The molecule has 2 aromatic rings. The molecule has 1 aliphatic heterocycles. The number of rotatable bonds is 3. The van der Waals surface area contributed by atoms with E-state index in [0.29, 0.717) is 6.04 Å². The molecule has 0 unspecified atom stereocenters. The number of aromatic nitrogens is 1. The van der Waals surface area contributed by atoms with Gasteiger partial charge in [0.1, 0.15) is 0 Å². The van der Waals surface area contributed by atoms with Gasteiger partial charge in [-0.25, -0.2) is 0 Å². The van der Waals surface area contributed by atoms with Gasteiger partial charge in [0.15, 0.2) is 0 Å². The van der Waals surface area contributed by atoms with E-state index < -0.39 is 0 Å². The number of hydrogen-bond donors (Lipinski definition) is 0. The van der Waals surface area contributed by atoms with Crippen molar-refractivity contribution in [2.24, 2.45) is 0 Å². The van der Waals surface area contributed by atoms with Crippen LogP contribution in [0.3, 0.4) is 0 Å². The van der Waals surface area contributed by atoms with Gasteiger partial charge in [0.05, 0.1) is 0 Å². The van der Waals surface area contributed by atoms with Gasteiger partial charge in [-0.05, 0) is 64.9 Å². The molecule has 1 aliphatic rings. The molecule has 0 bridgehead atoms. The maximum absolute atomic E-state index is 2.65. The minimum atomic E-state index is 0.521. The van der Waals surface area contributed by atoms with E-state index in [2.05, 4.69) is 54.5 Å². The predicted molar refractivity (Wildman–Crippen MR) is 90.8 cm³/mol. The summed E-state index contributed by atoms with van der Waals surface area (Å²) in [6.07, 6.45) is 5.54. The second kappa shape index (κ2) is 6.23. The van der Waals surface area contributed by atoms with Gasteiger partial charge in [0.2, 0.25) is 0 Å². The number of hydrogen-bond acceptors (Lipinski definition) is 1. The van der Waals surface area contributed by atoms with Crippen LogP contribution in [0.2, 0.25) is 0 Å². The van der Waals surface area contributed by atoms with E-state index in [1.807, 2.05) is 0 Å². The summed E-state index contributed by atoms with van der Waals surface area (Å²) >= 11 is 0. The van der Waals surface area contributed by atoms with E-state index in [1.165, 1.54) is 60.9 Å². The largest absolute Gasteiger partial charge is 0.341 e. The van der Waals surface area contributed by atoms with Crippen molar-refractivity contribution in [1.82, 2.24) is 9.47 Å². The van der Waals surface area contributed by atoms with Gasteiger partial charge < -0.3 is 4.57 Å². The Morgan fingerprint density at radius 2 is 1.71 bits per heavy atom. The molecule has 1 aromatic heterocycles. The smallest absolute Gasteiger partial charge is 0.0485 e. The minimum absolute atomic E-state index is 0.521. The lowest BCUT2D eigenvalue weighted by atomic mass is 10.2. The van der Waals surface area contributed by atoms with E-state index in [4.69, 9.17) is 0 Å². The van der Waals surface area contributed by atoms with Crippen LogP contribution in [0.25, 0.3) is 10.9 Å². The van der Waals surface area contributed by atoms with Gasteiger partial charge in [-0.2, -0.15) is 0 Å². The van der Waals surface area contributed by atoms with E-state index in [1.54, 1.807) is 0 Å². The first-order chi connectivity index (χ1) is 10.1. The summed E-state index contributed by atoms with van der Waals surface area (Å²) in [4.78, 5) is 2.65. The van der Waals surface area contributed by atoms with Crippen LogP contribution < -0.4 is 0 Å². The number of nitrogens with zero attached hydrogens (tertiary/aromatic N) is 2. The molecule has 1 fully saturated rings. The van der Waals surface area contributed by atoms with Crippen LogP contribution in [0.4, 0.5) is 0 Å². The monoisotopic (exact) mass is 284 g/mol.